The maximum atomic E-state index is 10.5. The third-order valence-electron chi connectivity index (χ3n) is 2.23. The van der Waals surface area contributed by atoms with Gasteiger partial charge in [0.15, 0.2) is 0 Å². The van der Waals surface area contributed by atoms with E-state index < -0.39 is 5.97 Å². The number of rotatable bonds is 2. The Bertz CT molecular complexity index is 463. The van der Waals surface area contributed by atoms with Crippen molar-refractivity contribution in [3.05, 3.63) is 60.2 Å². The topological polar surface area (TPSA) is 40.1 Å². The number of carbonyl (C=O) groups is 1. The van der Waals surface area contributed by atoms with E-state index in [1.807, 2.05) is 30.3 Å². The molecule has 0 amide bonds. The average molecular weight is 236 g/mol. The molecule has 74 valence electrons. The Morgan fingerprint density at radius 1 is 0.812 bits per heavy atom. The van der Waals surface area contributed by atoms with Crippen LogP contribution in [0.5, 0.6) is 0 Å². The Morgan fingerprint density at radius 3 is 1.81 bits per heavy atom. The zero-order valence-electron chi connectivity index (χ0n) is 9.01. The molecule has 16 heavy (non-hydrogen) atoms. The summed E-state index contributed by atoms with van der Waals surface area (Å²) in [6.45, 7) is 0. The van der Waals surface area contributed by atoms with Gasteiger partial charge in [-0.25, -0.2) is 0 Å². The monoisotopic (exact) mass is 236 g/mol. The normalized spacial score (nSPS) is 9.25. The van der Waals surface area contributed by atoms with E-state index in [9.17, 15) is 9.90 Å². The molecular formula is C13H9KO2. The smallest absolute Gasteiger partial charge is 0.545 e. The summed E-state index contributed by atoms with van der Waals surface area (Å²) in [5.74, 6) is -1.14. The van der Waals surface area contributed by atoms with Gasteiger partial charge in [-0.3, -0.25) is 0 Å². The Morgan fingerprint density at radius 2 is 1.31 bits per heavy atom. The first-order chi connectivity index (χ1) is 7.27. The number of carbonyl (C=O) groups excluding carboxylic acids is 1. The van der Waals surface area contributed by atoms with Crippen LogP contribution in [0.15, 0.2) is 54.6 Å². The molecule has 0 aliphatic rings. The summed E-state index contributed by atoms with van der Waals surface area (Å²) in [6, 6.07) is 16.5. The van der Waals surface area contributed by atoms with Gasteiger partial charge < -0.3 is 9.90 Å². The van der Waals surface area contributed by atoms with E-state index in [4.69, 9.17) is 0 Å². The second-order valence-electron chi connectivity index (χ2n) is 3.23. The summed E-state index contributed by atoms with van der Waals surface area (Å²) in [4.78, 5) is 10.5. The SMILES string of the molecule is O=C([O-])c1ccc(-c2ccccc2)cc1.[K+]. The van der Waals surface area contributed by atoms with Gasteiger partial charge in [-0.05, 0) is 16.7 Å². The van der Waals surface area contributed by atoms with Crippen LogP contribution in [0.1, 0.15) is 10.4 Å². The van der Waals surface area contributed by atoms with Gasteiger partial charge in [0, 0.05) is 0 Å². The fraction of sp³-hybridized carbons (Fsp3) is 0. The fourth-order valence-corrected chi connectivity index (χ4v) is 1.43. The average Bonchev–Trinajstić information content (AvgIpc) is 2.30. The molecule has 0 N–H and O–H groups in total. The minimum absolute atomic E-state index is 0. The van der Waals surface area contributed by atoms with Gasteiger partial charge in [0.05, 0.1) is 5.97 Å². The maximum Gasteiger partial charge on any atom is 1.00 e. The molecule has 2 aromatic rings. The number of hydrogen-bond acceptors (Lipinski definition) is 2. The third-order valence-corrected chi connectivity index (χ3v) is 2.23. The van der Waals surface area contributed by atoms with Crippen LogP contribution in [0.2, 0.25) is 0 Å². The predicted octanol–water partition coefficient (Wildman–Crippen LogP) is -1.28. The summed E-state index contributed by atoms with van der Waals surface area (Å²) >= 11 is 0. The van der Waals surface area contributed by atoms with Crippen molar-refractivity contribution in [2.45, 2.75) is 0 Å². The van der Waals surface area contributed by atoms with Crippen molar-refractivity contribution in [2.24, 2.45) is 0 Å². The van der Waals surface area contributed by atoms with E-state index in [-0.39, 0.29) is 56.9 Å². The molecule has 3 heteroatoms. The van der Waals surface area contributed by atoms with Crippen LogP contribution < -0.4 is 56.5 Å². The van der Waals surface area contributed by atoms with Crippen molar-refractivity contribution >= 4 is 5.97 Å². The van der Waals surface area contributed by atoms with Crippen LogP contribution in [0.4, 0.5) is 0 Å². The van der Waals surface area contributed by atoms with E-state index in [1.165, 1.54) is 0 Å². The van der Waals surface area contributed by atoms with Gasteiger partial charge >= 0.3 is 51.4 Å². The summed E-state index contributed by atoms with van der Waals surface area (Å²) in [5.41, 5.74) is 2.28. The van der Waals surface area contributed by atoms with Gasteiger partial charge in [0.25, 0.3) is 0 Å². The molecule has 2 aromatic carbocycles. The summed E-state index contributed by atoms with van der Waals surface area (Å²) in [7, 11) is 0. The number of benzene rings is 2. The molecule has 0 unspecified atom stereocenters. The van der Waals surface area contributed by atoms with Crippen LogP contribution in [0.3, 0.4) is 0 Å². The van der Waals surface area contributed by atoms with Crippen molar-refractivity contribution in [1.29, 1.82) is 0 Å². The molecule has 0 saturated heterocycles. The number of carboxylic acid groups (broad SMARTS) is 1. The van der Waals surface area contributed by atoms with Gasteiger partial charge in [0.2, 0.25) is 0 Å². The first-order valence-electron chi connectivity index (χ1n) is 4.64. The van der Waals surface area contributed by atoms with Gasteiger partial charge in [-0.15, -0.1) is 0 Å². The standard InChI is InChI=1S/C13H10O2.K/c14-13(15)12-8-6-11(7-9-12)10-4-2-1-3-5-10;/h1-9H,(H,14,15);/q;+1/p-1. The van der Waals surface area contributed by atoms with Crippen molar-refractivity contribution in [1.82, 2.24) is 0 Å². The molecule has 0 radical (unpaired) electrons. The van der Waals surface area contributed by atoms with E-state index in [0.717, 1.165) is 11.1 Å². The van der Waals surface area contributed by atoms with E-state index in [1.54, 1.807) is 24.3 Å². The molecule has 2 rings (SSSR count). The second kappa shape index (κ2) is 6.32. The Balaban J connectivity index is 0.00000128. The predicted molar refractivity (Wildman–Crippen MR) is 56.2 cm³/mol. The first-order valence-corrected chi connectivity index (χ1v) is 4.64. The zero-order valence-corrected chi connectivity index (χ0v) is 12.1. The van der Waals surface area contributed by atoms with Crippen molar-refractivity contribution < 1.29 is 61.3 Å². The largest absolute Gasteiger partial charge is 1.00 e. The molecule has 0 saturated carbocycles. The number of aromatic carboxylic acids is 1. The third kappa shape index (κ3) is 3.27. The van der Waals surface area contributed by atoms with Crippen molar-refractivity contribution in [3.8, 4) is 11.1 Å². The molecule has 0 aliphatic heterocycles. The Labute approximate surface area is 137 Å². The summed E-state index contributed by atoms with van der Waals surface area (Å²) in [5, 5.41) is 10.5. The minimum Gasteiger partial charge on any atom is -0.545 e. The molecule has 0 atom stereocenters. The summed E-state index contributed by atoms with van der Waals surface area (Å²) < 4.78 is 0. The molecule has 2 nitrogen and oxygen atoms in total. The molecule has 0 fully saturated rings. The minimum atomic E-state index is -1.14. The first kappa shape index (κ1) is 13.6. The van der Waals surface area contributed by atoms with Gasteiger partial charge in [-0.2, -0.15) is 0 Å². The molecule has 0 aliphatic carbocycles. The quantitative estimate of drug-likeness (QED) is 0.610. The molecule has 0 heterocycles. The molecule has 0 aromatic heterocycles. The number of hydrogen-bond donors (Lipinski definition) is 0. The van der Waals surface area contributed by atoms with Crippen LogP contribution in [0.25, 0.3) is 11.1 Å². The van der Waals surface area contributed by atoms with E-state index in [2.05, 4.69) is 0 Å². The van der Waals surface area contributed by atoms with E-state index in [0.29, 0.717) is 0 Å². The number of carboxylic acids is 1. The molecule has 0 spiro atoms. The van der Waals surface area contributed by atoms with Crippen LogP contribution >= 0.6 is 0 Å². The Kier molecular flexibility index (Phi) is 5.38. The van der Waals surface area contributed by atoms with Crippen molar-refractivity contribution in [2.75, 3.05) is 0 Å². The Hall–Kier alpha value is -0.454. The van der Waals surface area contributed by atoms with Crippen LogP contribution in [-0.2, 0) is 0 Å². The van der Waals surface area contributed by atoms with Crippen LogP contribution in [-0.4, -0.2) is 5.97 Å². The fourth-order valence-electron chi connectivity index (χ4n) is 1.43. The van der Waals surface area contributed by atoms with Crippen molar-refractivity contribution in [3.63, 3.8) is 0 Å². The zero-order chi connectivity index (χ0) is 10.7. The van der Waals surface area contributed by atoms with Gasteiger partial charge in [0.1, 0.15) is 0 Å². The van der Waals surface area contributed by atoms with Gasteiger partial charge in [-0.1, -0.05) is 54.6 Å². The summed E-state index contributed by atoms with van der Waals surface area (Å²) in [6.07, 6.45) is 0. The molecule has 0 bridgehead atoms. The van der Waals surface area contributed by atoms with Crippen LogP contribution in [0, 0.1) is 0 Å². The molecular weight excluding hydrogens is 227 g/mol. The maximum absolute atomic E-state index is 10.5. The van der Waals surface area contributed by atoms with E-state index >= 15 is 0 Å². The second-order valence-corrected chi connectivity index (χ2v) is 3.23.